The second-order valence-corrected chi connectivity index (χ2v) is 13.3. The van der Waals surface area contributed by atoms with Crippen LogP contribution in [0.1, 0.15) is 0 Å². The summed E-state index contributed by atoms with van der Waals surface area (Å²) in [5.74, 6) is 0. The maximum atomic E-state index is 6.22. The molecule has 0 saturated heterocycles. The standard InChI is InChI=1S/C50H33NO/c1-2-11-37(12-3-1)44-14-6-8-16-47(44)51(42-27-22-35(23-28-42)40-20-18-34-10-4-5-13-39(34)32-40)43-29-24-36(25-30-43)41-21-19-38-26-31-49-50(46(38)33-41)45-15-7-9-17-48(45)52-49/h1-33H. The van der Waals surface area contributed by atoms with Crippen molar-refractivity contribution in [3.63, 3.8) is 0 Å². The van der Waals surface area contributed by atoms with Crippen molar-refractivity contribution in [3.05, 3.63) is 200 Å². The molecule has 10 rings (SSSR count). The number of hydrogen-bond acceptors (Lipinski definition) is 2. The molecule has 0 unspecified atom stereocenters. The molecule has 1 aromatic heterocycles. The topological polar surface area (TPSA) is 16.4 Å². The molecule has 9 aromatic carbocycles. The molecule has 10 aromatic rings. The second kappa shape index (κ2) is 12.5. The van der Waals surface area contributed by atoms with Crippen molar-refractivity contribution < 1.29 is 4.42 Å². The third kappa shape index (κ3) is 5.21. The summed E-state index contributed by atoms with van der Waals surface area (Å²) < 4.78 is 6.22. The maximum Gasteiger partial charge on any atom is 0.136 e. The monoisotopic (exact) mass is 663 g/mol. The van der Waals surface area contributed by atoms with Gasteiger partial charge in [-0.2, -0.15) is 0 Å². The smallest absolute Gasteiger partial charge is 0.136 e. The third-order valence-corrected chi connectivity index (χ3v) is 10.3. The quantitative estimate of drug-likeness (QED) is 0.176. The van der Waals surface area contributed by atoms with Gasteiger partial charge in [0.25, 0.3) is 0 Å². The number of nitrogens with zero attached hydrogens (tertiary/aromatic N) is 1. The SMILES string of the molecule is c1ccc(-c2ccccc2N(c2ccc(-c3ccc4ccccc4c3)cc2)c2ccc(-c3ccc4ccc5oc6ccccc6c5c4c3)cc2)cc1. The van der Waals surface area contributed by atoms with Crippen LogP contribution in [-0.4, -0.2) is 0 Å². The Morgan fingerprint density at radius 3 is 1.67 bits per heavy atom. The predicted octanol–water partition coefficient (Wildman–Crippen LogP) is 14.4. The van der Waals surface area contributed by atoms with Crippen molar-refractivity contribution in [3.8, 4) is 33.4 Å². The molecule has 0 aliphatic rings. The van der Waals surface area contributed by atoms with Crippen LogP contribution in [0, 0.1) is 0 Å². The predicted molar refractivity (Wildman–Crippen MR) is 220 cm³/mol. The van der Waals surface area contributed by atoms with Crippen LogP contribution >= 0.6 is 0 Å². The summed E-state index contributed by atoms with van der Waals surface area (Å²) in [5.41, 5.74) is 12.3. The largest absolute Gasteiger partial charge is 0.456 e. The first-order chi connectivity index (χ1) is 25.8. The molecule has 0 spiro atoms. The van der Waals surface area contributed by atoms with Crippen LogP contribution in [0.15, 0.2) is 205 Å². The molecule has 0 amide bonds. The van der Waals surface area contributed by atoms with E-state index in [1.165, 1.54) is 60.3 Å². The molecule has 0 saturated carbocycles. The van der Waals surface area contributed by atoms with Crippen molar-refractivity contribution in [1.29, 1.82) is 0 Å². The molecule has 0 fully saturated rings. The van der Waals surface area contributed by atoms with E-state index in [2.05, 4.69) is 193 Å². The number of benzene rings is 9. The molecule has 0 atom stereocenters. The minimum atomic E-state index is 0.917. The molecule has 0 aliphatic carbocycles. The molecular formula is C50H33NO. The van der Waals surface area contributed by atoms with Crippen molar-refractivity contribution in [1.82, 2.24) is 0 Å². The average molecular weight is 664 g/mol. The fraction of sp³-hybridized carbons (Fsp3) is 0. The Morgan fingerprint density at radius 2 is 0.904 bits per heavy atom. The molecular weight excluding hydrogens is 631 g/mol. The molecule has 2 nitrogen and oxygen atoms in total. The van der Waals surface area contributed by atoms with E-state index in [9.17, 15) is 0 Å². The van der Waals surface area contributed by atoms with Gasteiger partial charge in [-0.1, -0.05) is 146 Å². The van der Waals surface area contributed by atoms with E-state index >= 15 is 0 Å². The Balaban J connectivity index is 1.07. The van der Waals surface area contributed by atoms with Gasteiger partial charge in [0.15, 0.2) is 0 Å². The lowest BCUT2D eigenvalue weighted by molar-refractivity contribution is 0.669. The van der Waals surface area contributed by atoms with E-state index in [0.717, 1.165) is 33.6 Å². The number of rotatable bonds is 6. The van der Waals surface area contributed by atoms with Gasteiger partial charge < -0.3 is 9.32 Å². The van der Waals surface area contributed by atoms with Crippen LogP contribution in [0.2, 0.25) is 0 Å². The zero-order valence-electron chi connectivity index (χ0n) is 28.4. The number of furan rings is 1. The highest BCUT2D eigenvalue weighted by Crippen LogP contribution is 2.42. The normalized spacial score (nSPS) is 11.5. The van der Waals surface area contributed by atoms with E-state index in [0.29, 0.717) is 0 Å². The zero-order valence-corrected chi connectivity index (χ0v) is 28.4. The van der Waals surface area contributed by atoms with Gasteiger partial charge in [-0.05, 0) is 104 Å². The third-order valence-electron chi connectivity index (χ3n) is 10.3. The highest BCUT2D eigenvalue weighted by Gasteiger charge is 2.18. The van der Waals surface area contributed by atoms with Crippen molar-refractivity contribution in [2.75, 3.05) is 4.90 Å². The van der Waals surface area contributed by atoms with Gasteiger partial charge in [0.1, 0.15) is 11.2 Å². The van der Waals surface area contributed by atoms with E-state index in [-0.39, 0.29) is 0 Å². The van der Waals surface area contributed by atoms with Crippen LogP contribution in [-0.2, 0) is 0 Å². The average Bonchev–Trinajstić information content (AvgIpc) is 3.61. The van der Waals surface area contributed by atoms with E-state index < -0.39 is 0 Å². The molecule has 1 heterocycles. The van der Waals surface area contributed by atoms with Gasteiger partial charge in [-0.15, -0.1) is 0 Å². The molecule has 244 valence electrons. The molecule has 2 heteroatoms. The summed E-state index contributed by atoms with van der Waals surface area (Å²) in [6.45, 7) is 0. The van der Waals surface area contributed by atoms with Crippen molar-refractivity contribution >= 4 is 60.5 Å². The number of para-hydroxylation sites is 2. The molecule has 0 aliphatic heterocycles. The molecule has 0 bridgehead atoms. The van der Waals surface area contributed by atoms with Crippen LogP contribution < -0.4 is 4.90 Å². The lowest BCUT2D eigenvalue weighted by Gasteiger charge is -2.28. The Labute approximate surface area is 302 Å². The van der Waals surface area contributed by atoms with Crippen LogP contribution in [0.4, 0.5) is 17.1 Å². The van der Waals surface area contributed by atoms with E-state index in [1.807, 2.05) is 12.1 Å². The first kappa shape index (κ1) is 30.0. The van der Waals surface area contributed by atoms with Gasteiger partial charge in [0.2, 0.25) is 0 Å². The summed E-state index contributed by atoms with van der Waals surface area (Å²) in [6, 6.07) is 71.8. The number of fused-ring (bicyclic) bond motifs is 6. The van der Waals surface area contributed by atoms with Crippen LogP contribution in [0.3, 0.4) is 0 Å². The van der Waals surface area contributed by atoms with E-state index in [1.54, 1.807) is 0 Å². The first-order valence-corrected chi connectivity index (χ1v) is 17.8. The fourth-order valence-electron chi connectivity index (χ4n) is 7.66. The van der Waals surface area contributed by atoms with Gasteiger partial charge in [0.05, 0.1) is 5.69 Å². The number of hydrogen-bond donors (Lipinski definition) is 0. The van der Waals surface area contributed by atoms with E-state index in [4.69, 9.17) is 4.42 Å². The van der Waals surface area contributed by atoms with Gasteiger partial charge in [-0.3, -0.25) is 0 Å². The first-order valence-electron chi connectivity index (χ1n) is 17.8. The summed E-state index contributed by atoms with van der Waals surface area (Å²) >= 11 is 0. The Kier molecular flexibility index (Phi) is 7.18. The van der Waals surface area contributed by atoms with Gasteiger partial charge in [-0.25, -0.2) is 0 Å². The maximum absolute atomic E-state index is 6.22. The van der Waals surface area contributed by atoms with Crippen molar-refractivity contribution in [2.45, 2.75) is 0 Å². The lowest BCUT2D eigenvalue weighted by Crippen LogP contribution is -2.11. The minimum Gasteiger partial charge on any atom is -0.456 e. The summed E-state index contributed by atoms with van der Waals surface area (Å²) in [4.78, 5) is 2.37. The fourth-order valence-corrected chi connectivity index (χ4v) is 7.66. The molecule has 0 radical (unpaired) electrons. The molecule has 0 N–H and O–H groups in total. The number of anilines is 3. The van der Waals surface area contributed by atoms with Gasteiger partial charge >= 0.3 is 0 Å². The Bertz CT molecular complexity index is 2890. The second-order valence-electron chi connectivity index (χ2n) is 13.3. The van der Waals surface area contributed by atoms with Crippen molar-refractivity contribution in [2.24, 2.45) is 0 Å². The zero-order chi connectivity index (χ0) is 34.4. The van der Waals surface area contributed by atoms with Crippen LogP contribution in [0.5, 0.6) is 0 Å². The lowest BCUT2D eigenvalue weighted by atomic mass is 9.97. The van der Waals surface area contributed by atoms with Crippen LogP contribution in [0.25, 0.3) is 76.9 Å². The Hall–Kier alpha value is -6.90. The Morgan fingerprint density at radius 1 is 0.327 bits per heavy atom. The summed E-state index contributed by atoms with van der Waals surface area (Å²) in [7, 11) is 0. The molecule has 52 heavy (non-hydrogen) atoms. The summed E-state index contributed by atoms with van der Waals surface area (Å²) in [6.07, 6.45) is 0. The van der Waals surface area contributed by atoms with Gasteiger partial charge in [0, 0.05) is 27.7 Å². The highest BCUT2D eigenvalue weighted by molar-refractivity contribution is 6.19. The summed E-state index contributed by atoms with van der Waals surface area (Å²) in [5, 5.41) is 7.22. The highest BCUT2D eigenvalue weighted by atomic mass is 16.3. The minimum absolute atomic E-state index is 0.917.